The van der Waals surface area contributed by atoms with Gasteiger partial charge in [0.25, 0.3) is 0 Å². The van der Waals surface area contributed by atoms with Crippen LogP contribution in [0.4, 0.5) is 0 Å². The molecule has 0 aromatic carbocycles. The zero-order valence-corrected chi connectivity index (χ0v) is 10.5. The Morgan fingerprint density at radius 3 is 2.67 bits per heavy atom. The lowest BCUT2D eigenvalue weighted by atomic mass is 10.1. The Bertz CT molecular complexity index is 203. The van der Waals surface area contributed by atoms with E-state index in [1.165, 1.54) is 12.8 Å². The van der Waals surface area contributed by atoms with E-state index in [2.05, 4.69) is 25.7 Å². The molecule has 0 aromatic heterocycles. The standard InChI is InChI=1S/C13H25NO/c1-4-6-10-14(11(3)5-2)12-8-7-9-13(12)15/h11-12H,4-10H2,1-3H3. The molecule has 1 aliphatic rings. The highest BCUT2D eigenvalue weighted by atomic mass is 16.1. The van der Waals surface area contributed by atoms with Gasteiger partial charge >= 0.3 is 0 Å². The zero-order valence-electron chi connectivity index (χ0n) is 10.5. The van der Waals surface area contributed by atoms with Crippen molar-refractivity contribution in [1.29, 1.82) is 0 Å². The SMILES string of the molecule is CCCCN(C(C)CC)C1CCCC1=O. The second-order valence-corrected chi connectivity index (χ2v) is 4.72. The molecule has 0 N–H and O–H groups in total. The summed E-state index contributed by atoms with van der Waals surface area (Å²) in [5, 5.41) is 0. The maximum atomic E-state index is 11.8. The number of rotatable bonds is 6. The molecule has 1 rings (SSSR count). The topological polar surface area (TPSA) is 20.3 Å². The molecule has 1 saturated carbocycles. The molecule has 0 aliphatic heterocycles. The minimum Gasteiger partial charge on any atom is -0.298 e. The minimum atomic E-state index is 0.242. The van der Waals surface area contributed by atoms with Crippen molar-refractivity contribution in [3.8, 4) is 0 Å². The molecule has 0 amide bonds. The van der Waals surface area contributed by atoms with Crippen LogP contribution in [0.5, 0.6) is 0 Å². The van der Waals surface area contributed by atoms with E-state index in [1.807, 2.05) is 0 Å². The van der Waals surface area contributed by atoms with Crippen LogP contribution in [-0.2, 0) is 4.79 Å². The smallest absolute Gasteiger partial charge is 0.149 e. The summed E-state index contributed by atoms with van der Waals surface area (Å²) in [5.41, 5.74) is 0. The molecule has 15 heavy (non-hydrogen) atoms. The van der Waals surface area contributed by atoms with Crippen molar-refractivity contribution in [1.82, 2.24) is 4.90 Å². The third-order valence-corrected chi connectivity index (χ3v) is 3.60. The predicted molar refractivity (Wildman–Crippen MR) is 64.0 cm³/mol. The molecule has 1 fully saturated rings. The van der Waals surface area contributed by atoms with E-state index in [0.29, 0.717) is 11.8 Å². The molecule has 0 heterocycles. The van der Waals surface area contributed by atoms with Crippen molar-refractivity contribution in [3.63, 3.8) is 0 Å². The van der Waals surface area contributed by atoms with Crippen molar-refractivity contribution in [2.75, 3.05) is 6.54 Å². The molecular formula is C13H25NO. The van der Waals surface area contributed by atoms with Crippen LogP contribution in [0.1, 0.15) is 59.3 Å². The van der Waals surface area contributed by atoms with E-state index in [-0.39, 0.29) is 6.04 Å². The van der Waals surface area contributed by atoms with Gasteiger partial charge in [0, 0.05) is 12.5 Å². The van der Waals surface area contributed by atoms with Gasteiger partial charge in [-0.25, -0.2) is 0 Å². The van der Waals surface area contributed by atoms with Gasteiger partial charge in [-0.05, 0) is 39.2 Å². The van der Waals surface area contributed by atoms with Crippen LogP contribution >= 0.6 is 0 Å². The highest BCUT2D eigenvalue weighted by molar-refractivity contribution is 5.85. The summed E-state index contributed by atoms with van der Waals surface area (Å²) >= 11 is 0. The monoisotopic (exact) mass is 211 g/mol. The highest BCUT2D eigenvalue weighted by Gasteiger charge is 2.31. The number of unbranched alkanes of at least 4 members (excludes halogenated alkanes) is 1. The third-order valence-electron chi connectivity index (χ3n) is 3.60. The summed E-state index contributed by atoms with van der Waals surface area (Å²) in [7, 11) is 0. The van der Waals surface area contributed by atoms with Gasteiger partial charge in [-0.15, -0.1) is 0 Å². The summed E-state index contributed by atoms with van der Waals surface area (Å²) in [4.78, 5) is 14.2. The minimum absolute atomic E-state index is 0.242. The molecular weight excluding hydrogens is 186 g/mol. The Balaban J connectivity index is 2.57. The first kappa shape index (κ1) is 12.7. The van der Waals surface area contributed by atoms with Gasteiger partial charge in [-0.3, -0.25) is 9.69 Å². The van der Waals surface area contributed by atoms with E-state index in [9.17, 15) is 4.79 Å². The van der Waals surface area contributed by atoms with Crippen molar-refractivity contribution in [2.45, 2.75) is 71.4 Å². The van der Waals surface area contributed by atoms with Crippen molar-refractivity contribution < 1.29 is 4.79 Å². The maximum absolute atomic E-state index is 11.8. The summed E-state index contributed by atoms with van der Waals surface area (Å²) in [5.74, 6) is 0.478. The van der Waals surface area contributed by atoms with Gasteiger partial charge in [0.05, 0.1) is 6.04 Å². The average Bonchev–Trinajstić information content (AvgIpc) is 2.65. The molecule has 0 saturated heterocycles. The van der Waals surface area contributed by atoms with Crippen molar-refractivity contribution >= 4 is 5.78 Å². The molecule has 0 bridgehead atoms. The molecule has 2 heteroatoms. The number of carbonyl (C=O) groups excluding carboxylic acids is 1. The summed E-state index contributed by atoms with van der Waals surface area (Å²) in [6, 6.07) is 0.801. The Kier molecular flexibility index (Phi) is 5.30. The largest absolute Gasteiger partial charge is 0.298 e. The third kappa shape index (κ3) is 3.30. The predicted octanol–water partition coefficient (Wildman–Crippen LogP) is 3.01. The van der Waals surface area contributed by atoms with Gasteiger partial charge in [-0.1, -0.05) is 20.3 Å². The van der Waals surface area contributed by atoms with Gasteiger partial charge < -0.3 is 0 Å². The molecule has 0 radical (unpaired) electrons. The fourth-order valence-corrected chi connectivity index (χ4v) is 2.41. The maximum Gasteiger partial charge on any atom is 0.149 e. The fraction of sp³-hybridized carbons (Fsp3) is 0.923. The van der Waals surface area contributed by atoms with E-state index in [0.717, 1.165) is 32.2 Å². The molecule has 1 aliphatic carbocycles. The first-order valence-electron chi connectivity index (χ1n) is 6.49. The number of carbonyl (C=O) groups is 1. The van der Waals surface area contributed by atoms with Crippen LogP contribution in [0.25, 0.3) is 0 Å². The molecule has 2 nitrogen and oxygen atoms in total. The van der Waals surface area contributed by atoms with Crippen LogP contribution < -0.4 is 0 Å². The van der Waals surface area contributed by atoms with Crippen LogP contribution in [0, 0.1) is 0 Å². The van der Waals surface area contributed by atoms with Crippen LogP contribution in [0.3, 0.4) is 0 Å². The van der Waals surface area contributed by atoms with Gasteiger partial charge in [0.15, 0.2) is 0 Å². The van der Waals surface area contributed by atoms with Crippen LogP contribution in [-0.4, -0.2) is 29.3 Å². The Labute approximate surface area is 94.0 Å². The van der Waals surface area contributed by atoms with E-state index in [4.69, 9.17) is 0 Å². The first-order valence-corrected chi connectivity index (χ1v) is 6.49. The van der Waals surface area contributed by atoms with Crippen molar-refractivity contribution in [2.24, 2.45) is 0 Å². The van der Waals surface area contributed by atoms with E-state index < -0.39 is 0 Å². The molecule has 2 atom stereocenters. The summed E-state index contributed by atoms with van der Waals surface area (Å²) in [6.07, 6.45) is 6.58. The van der Waals surface area contributed by atoms with Crippen molar-refractivity contribution in [3.05, 3.63) is 0 Å². The number of ketones is 1. The molecule has 2 unspecified atom stereocenters. The zero-order chi connectivity index (χ0) is 11.3. The fourth-order valence-electron chi connectivity index (χ4n) is 2.41. The molecule has 0 spiro atoms. The number of nitrogens with zero attached hydrogens (tertiary/aromatic N) is 1. The lowest BCUT2D eigenvalue weighted by Gasteiger charge is -2.33. The van der Waals surface area contributed by atoms with Gasteiger partial charge in [0.1, 0.15) is 5.78 Å². The van der Waals surface area contributed by atoms with Gasteiger partial charge in [0.2, 0.25) is 0 Å². The number of Topliss-reactive ketones (excluding diaryl/α,β-unsaturated/α-hetero) is 1. The second-order valence-electron chi connectivity index (χ2n) is 4.72. The lowest BCUT2D eigenvalue weighted by Crippen LogP contribution is -2.44. The number of hydrogen-bond acceptors (Lipinski definition) is 2. The highest BCUT2D eigenvalue weighted by Crippen LogP contribution is 2.23. The summed E-state index contributed by atoms with van der Waals surface area (Å²) < 4.78 is 0. The van der Waals surface area contributed by atoms with E-state index in [1.54, 1.807) is 0 Å². The Morgan fingerprint density at radius 2 is 2.20 bits per heavy atom. The first-order chi connectivity index (χ1) is 7.20. The van der Waals surface area contributed by atoms with Crippen LogP contribution in [0.2, 0.25) is 0 Å². The quantitative estimate of drug-likeness (QED) is 0.673. The van der Waals surface area contributed by atoms with Crippen LogP contribution in [0.15, 0.2) is 0 Å². The number of hydrogen-bond donors (Lipinski definition) is 0. The second kappa shape index (κ2) is 6.26. The lowest BCUT2D eigenvalue weighted by molar-refractivity contribution is -0.122. The molecule has 88 valence electrons. The van der Waals surface area contributed by atoms with Gasteiger partial charge in [-0.2, -0.15) is 0 Å². The normalized spacial score (nSPS) is 23.7. The van der Waals surface area contributed by atoms with E-state index >= 15 is 0 Å². The Hall–Kier alpha value is -0.370. The Morgan fingerprint density at radius 1 is 1.47 bits per heavy atom. The average molecular weight is 211 g/mol. The summed E-state index contributed by atoms with van der Waals surface area (Å²) in [6.45, 7) is 7.78. The molecule has 0 aromatic rings.